The van der Waals surface area contributed by atoms with Crippen LogP contribution in [0.15, 0.2) is 71.3 Å². The van der Waals surface area contributed by atoms with Crippen LogP contribution in [0.5, 0.6) is 5.75 Å². The molecule has 0 unspecified atom stereocenters. The monoisotopic (exact) mass is 395 g/mol. The van der Waals surface area contributed by atoms with Gasteiger partial charge in [-0.15, -0.1) is 16.4 Å². The first-order valence-corrected chi connectivity index (χ1v) is 10.3. The van der Waals surface area contributed by atoms with Crippen molar-refractivity contribution in [3.05, 3.63) is 82.3 Å². The van der Waals surface area contributed by atoms with Crippen LogP contribution in [-0.2, 0) is 18.9 Å². The summed E-state index contributed by atoms with van der Waals surface area (Å²) < 4.78 is 7.60. The highest BCUT2D eigenvalue weighted by Gasteiger charge is 2.08. The van der Waals surface area contributed by atoms with Crippen LogP contribution in [0.25, 0.3) is 0 Å². The van der Waals surface area contributed by atoms with Gasteiger partial charge in [0, 0.05) is 16.8 Å². The summed E-state index contributed by atoms with van der Waals surface area (Å²) in [6, 6.07) is 18.0. The van der Waals surface area contributed by atoms with Crippen molar-refractivity contribution in [1.82, 2.24) is 25.2 Å². The van der Waals surface area contributed by atoms with Gasteiger partial charge in [0.1, 0.15) is 12.4 Å². The second-order valence-corrected chi connectivity index (χ2v) is 7.72. The first kappa shape index (κ1) is 17.7. The van der Waals surface area contributed by atoms with Crippen molar-refractivity contribution in [2.75, 3.05) is 0 Å². The average molecular weight is 396 g/mol. The van der Waals surface area contributed by atoms with Crippen molar-refractivity contribution in [3.8, 4) is 5.75 Å². The molecule has 0 radical (unpaired) electrons. The van der Waals surface area contributed by atoms with Crippen molar-refractivity contribution in [1.29, 1.82) is 0 Å². The van der Waals surface area contributed by atoms with Gasteiger partial charge in [-0.1, -0.05) is 36.0 Å². The summed E-state index contributed by atoms with van der Waals surface area (Å²) in [7, 11) is 0. The molecule has 4 rings (SSSR count). The fourth-order valence-electron chi connectivity index (χ4n) is 2.42. The van der Waals surface area contributed by atoms with Gasteiger partial charge < -0.3 is 4.74 Å². The minimum atomic E-state index is 0.465. The highest BCUT2D eigenvalue weighted by Crippen LogP contribution is 2.23. The van der Waals surface area contributed by atoms with Crippen molar-refractivity contribution < 1.29 is 4.74 Å². The minimum Gasteiger partial charge on any atom is -0.487 e. The van der Waals surface area contributed by atoms with E-state index in [2.05, 4.69) is 44.1 Å². The van der Waals surface area contributed by atoms with E-state index in [1.165, 1.54) is 10.4 Å². The lowest BCUT2D eigenvalue weighted by molar-refractivity contribution is 0.301. The molecule has 0 aliphatic heterocycles. The molecule has 0 atom stereocenters. The summed E-state index contributed by atoms with van der Waals surface area (Å²) in [5.41, 5.74) is 2.10. The summed E-state index contributed by atoms with van der Waals surface area (Å²) in [5, 5.41) is 14.9. The van der Waals surface area contributed by atoms with Crippen LogP contribution in [0, 0.1) is 0 Å². The first-order valence-electron chi connectivity index (χ1n) is 8.40. The average Bonchev–Trinajstić information content (AvgIpc) is 3.39. The Morgan fingerprint density at radius 3 is 2.74 bits per heavy atom. The maximum Gasteiger partial charge on any atom is 0.209 e. The topological polar surface area (TPSA) is 65.7 Å². The summed E-state index contributed by atoms with van der Waals surface area (Å²) in [6.45, 7) is 1.17. The fourth-order valence-corrected chi connectivity index (χ4v) is 3.94. The summed E-state index contributed by atoms with van der Waals surface area (Å²) >= 11 is 3.33. The fraction of sp³-hybridized carbons (Fsp3) is 0.158. The van der Waals surface area contributed by atoms with Gasteiger partial charge in [0.05, 0.1) is 12.2 Å². The van der Waals surface area contributed by atoms with E-state index >= 15 is 0 Å². The van der Waals surface area contributed by atoms with Gasteiger partial charge in [-0.05, 0) is 51.7 Å². The molecule has 6 nitrogen and oxygen atoms in total. The number of thioether (sulfide) groups is 1. The SMILES string of the molecule is c1ccc(COc2ccc(CSc3nnnn3Cc3cccs3)cc2)nc1. The van der Waals surface area contributed by atoms with E-state index in [1.807, 2.05) is 41.1 Å². The van der Waals surface area contributed by atoms with E-state index in [9.17, 15) is 0 Å². The number of ether oxygens (including phenoxy) is 1. The van der Waals surface area contributed by atoms with Gasteiger partial charge in [-0.2, -0.15) is 0 Å². The zero-order valence-corrected chi connectivity index (χ0v) is 16.1. The molecular weight excluding hydrogens is 378 g/mol. The Morgan fingerprint density at radius 1 is 1.04 bits per heavy atom. The van der Waals surface area contributed by atoms with Crippen molar-refractivity contribution >= 4 is 23.1 Å². The molecule has 4 aromatic rings. The number of pyridine rings is 1. The molecule has 0 spiro atoms. The number of benzene rings is 1. The van der Waals surface area contributed by atoms with Crippen LogP contribution in [0.3, 0.4) is 0 Å². The van der Waals surface area contributed by atoms with Gasteiger partial charge in [0.2, 0.25) is 5.16 Å². The number of thiophene rings is 1. The molecule has 3 heterocycles. The predicted octanol–water partition coefficient (Wildman–Crippen LogP) is 4.05. The molecule has 8 heteroatoms. The Morgan fingerprint density at radius 2 is 1.96 bits per heavy atom. The summed E-state index contributed by atoms with van der Waals surface area (Å²) in [4.78, 5) is 5.49. The quantitative estimate of drug-likeness (QED) is 0.419. The molecule has 136 valence electrons. The molecule has 0 bridgehead atoms. The molecule has 3 aromatic heterocycles. The zero-order chi connectivity index (χ0) is 18.3. The number of nitrogens with zero attached hydrogens (tertiary/aromatic N) is 5. The molecule has 0 amide bonds. The van der Waals surface area contributed by atoms with Gasteiger partial charge in [-0.25, -0.2) is 4.68 Å². The maximum absolute atomic E-state index is 5.77. The number of hydrogen-bond acceptors (Lipinski definition) is 7. The lowest BCUT2D eigenvalue weighted by Crippen LogP contribution is -2.02. The predicted molar refractivity (Wildman–Crippen MR) is 106 cm³/mol. The smallest absolute Gasteiger partial charge is 0.209 e. The van der Waals surface area contributed by atoms with Gasteiger partial charge in [0.15, 0.2) is 0 Å². The van der Waals surface area contributed by atoms with E-state index in [0.717, 1.165) is 22.4 Å². The number of rotatable bonds is 8. The molecule has 27 heavy (non-hydrogen) atoms. The van der Waals surface area contributed by atoms with Gasteiger partial charge in [0.25, 0.3) is 0 Å². The molecule has 0 fully saturated rings. The van der Waals surface area contributed by atoms with Crippen LogP contribution in [0.1, 0.15) is 16.1 Å². The molecule has 0 saturated heterocycles. The standard InChI is InChI=1S/C19H17N5OS2/c1-2-10-20-16(4-1)13-25-17-8-6-15(7-9-17)14-27-19-21-22-23-24(19)12-18-5-3-11-26-18/h1-11H,12-14H2. The van der Waals surface area contributed by atoms with E-state index in [4.69, 9.17) is 4.74 Å². The highest BCUT2D eigenvalue weighted by molar-refractivity contribution is 7.98. The largest absolute Gasteiger partial charge is 0.487 e. The van der Waals surface area contributed by atoms with E-state index < -0.39 is 0 Å². The number of aromatic nitrogens is 5. The lowest BCUT2D eigenvalue weighted by atomic mass is 10.2. The van der Waals surface area contributed by atoms with E-state index in [1.54, 1.807) is 29.3 Å². The molecule has 0 aliphatic rings. The van der Waals surface area contributed by atoms with Crippen molar-refractivity contribution in [2.24, 2.45) is 0 Å². The summed E-state index contributed by atoms with van der Waals surface area (Å²) in [5.74, 6) is 1.63. The van der Waals surface area contributed by atoms with Crippen LogP contribution >= 0.6 is 23.1 Å². The Hall–Kier alpha value is -2.71. The normalized spacial score (nSPS) is 10.8. The van der Waals surface area contributed by atoms with E-state index in [-0.39, 0.29) is 0 Å². The van der Waals surface area contributed by atoms with Gasteiger partial charge in [-0.3, -0.25) is 4.98 Å². The molecule has 0 aliphatic carbocycles. The Labute approximate surface area is 165 Å². The minimum absolute atomic E-state index is 0.465. The molecule has 0 N–H and O–H groups in total. The highest BCUT2D eigenvalue weighted by atomic mass is 32.2. The Kier molecular flexibility index (Phi) is 5.76. The molecular formula is C19H17N5OS2. The summed E-state index contributed by atoms with van der Waals surface area (Å²) in [6.07, 6.45) is 1.77. The lowest BCUT2D eigenvalue weighted by Gasteiger charge is -2.07. The zero-order valence-electron chi connectivity index (χ0n) is 14.4. The third-order valence-electron chi connectivity index (χ3n) is 3.79. The second-order valence-electron chi connectivity index (χ2n) is 5.74. The van der Waals surface area contributed by atoms with Crippen LogP contribution in [0.2, 0.25) is 0 Å². The van der Waals surface area contributed by atoms with Crippen LogP contribution < -0.4 is 4.74 Å². The third kappa shape index (κ3) is 4.93. The van der Waals surface area contributed by atoms with Crippen LogP contribution in [-0.4, -0.2) is 25.2 Å². The molecule has 1 aromatic carbocycles. The van der Waals surface area contributed by atoms with E-state index in [0.29, 0.717) is 13.2 Å². The first-order chi connectivity index (χ1) is 13.4. The second kappa shape index (κ2) is 8.79. The molecule has 0 saturated carbocycles. The third-order valence-corrected chi connectivity index (χ3v) is 5.68. The maximum atomic E-state index is 5.77. The van der Waals surface area contributed by atoms with Crippen molar-refractivity contribution in [2.45, 2.75) is 24.1 Å². The van der Waals surface area contributed by atoms with Gasteiger partial charge >= 0.3 is 0 Å². The number of tetrazole rings is 1. The Bertz CT molecular complexity index is 955. The van der Waals surface area contributed by atoms with Crippen LogP contribution in [0.4, 0.5) is 0 Å². The number of hydrogen-bond donors (Lipinski definition) is 0. The Balaban J connectivity index is 1.31. The van der Waals surface area contributed by atoms with Crippen molar-refractivity contribution in [3.63, 3.8) is 0 Å².